The fourth-order valence-electron chi connectivity index (χ4n) is 4.33. The second kappa shape index (κ2) is 17.8. The molecule has 7 amide bonds. The number of nitrogens with one attached hydrogen (secondary N) is 6. The number of carbonyl (C=O) groups excluding carboxylic acids is 6. The SMILES string of the molecule is CNC(=O)NC(N)=NCCCC1NC(=O)[C@@H](C)NC(=O)CCNC(=O)C[C@@H](C(=O)O)NC(=O)C(Cc2ccccc2)N(C)C1=O. The standard InChI is InChI=1S/C28H41N9O8/c1-16-23(40)34-18(10-7-12-32-27(29)36-28(45)30-2)25(42)37(3)20(14-17-8-5-4-6-9-17)24(41)35-19(26(43)44)15-22(39)31-13-11-21(38)33-16/h4-6,8-9,16,18-20H,7,10-15H2,1-3H3,(H,31,39)(H,33,38)(H,34,40)(H,35,41)(H,43,44)(H4,29,30,32,36,45)/t16-,18?,19+,20?/m1/s1. The van der Waals surface area contributed by atoms with Crippen molar-refractivity contribution in [2.24, 2.45) is 10.7 Å². The summed E-state index contributed by atoms with van der Waals surface area (Å²) in [7, 11) is 2.75. The highest BCUT2D eigenvalue weighted by Gasteiger charge is 2.35. The maximum Gasteiger partial charge on any atom is 0.326 e. The average Bonchev–Trinajstić information content (AvgIpc) is 2.99. The number of aliphatic carboxylic acids is 1. The topological polar surface area (TPSA) is 254 Å². The summed E-state index contributed by atoms with van der Waals surface area (Å²) in [6.07, 6.45) is -0.586. The van der Waals surface area contributed by atoms with Gasteiger partial charge in [0.25, 0.3) is 0 Å². The molecule has 2 rings (SSSR count). The average molecular weight is 632 g/mol. The molecule has 4 atom stereocenters. The Labute approximate surface area is 260 Å². The van der Waals surface area contributed by atoms with E-state index in [-0.39, 0.29) is 44.7 Å². The van der Waals surface area contributed by atoms with Gasteiger partial charge in [-0.05, 0) is 25.3 Å². The van der Waals surface area contributed by atoms with E-state index in [9.17, 15) is 38.7 Å². The van der Waals surface area contributed by atoms with Gasteiger partial charge in [-0.3, -0.25) is 34.3 Å². The number of hydrogen-bond donors (Lipinski definition) is 8. The van der Waals surface area contributed by atoms with E-state index in [2.05, 4.69) is 36.9 Å². The number of nitrogens with zero attached hydrogens (tertiary/aromatic N) is 2. The summed E-state index contributed by atoms with van der Waals surface area (Å²) in [5.41, 5.74) is 6.34. The van der Waals surface area contributed by atoms with Gasteiger partial charge >= 0.3 is 12.0 Å². The summed E-state index contributed by atoms with van der Waals surface area (Å²) in [5, 5.41) is 24.3. The molecule has 1 aliphatic heterocycles. The first-order chi connectivity index (χ1) is 21.3. The molecule has 0 aliphatic carbocycles. The van der Waals surface area contributed by atoms with Gasteiger partial charge in [0.05, 0.1) is 6.42 Å². The molecule has 17 heteroatoms. The molecule has 0 aromatic heterocycles. The van der Waals surface area contributed by atoms with Crippen molar-refractivity contribution >= 4 is 47.5 Å². The Morgan fingerprint density at radius 2 is 1.73 bits per heavy atom. The highest BCUT2D eigenvalue weighted by Crippen LogP contribution is 2.13. The molecule has 0 saturated carbocycles. The van der Waals surface area contributed by atoms with Gasteiger partial charge in [-0.15, -0.1) is 0 Å². The van der Waals surface area contributed by atoms with Gasteiger partial charge in [-0.1, -0.05) is 30.3 Å². The van der Waals surface area contributed by atoms with Crippen LogP contribution in [0.3, 0.4) is 0 Å². The number of amides is 7. The van der Waals surface area contributed by atoms with Crippen molar-refractivity contribution in [3.8, 4) is 0 Å². The summed E-state index contributed by atoms with van der Waals surface area (Å²) >= 11 is 0. The molecular formula is C28H41N9O8. The first-order valence-corrected chi connectivity index (χ1v) is 14.3. The van der Waals surface area contributed by atoms with Gasteiger partial charge in [0, 0.05) is 40.0 Å². The summed E-state index contributed by atoms with van der Waals surface area (Å²) in [5.74, 6) is -5.09. The highest BCUT2D eigenvalue weighted by molar-refractivity contribution is 5.96. The van der Waals surface area contributed by atoms with Gasteiger partial charge in [-0.2, -0.15) is 0 Å². The van der Waals surface area contributed by atoms with Crippen molar-refractivity contribution < 1.29 is 38.7 Å². The van der Waals surface area contributed by atoms with Crippen LogP contribution < -0.4 is 37.6 Å². The molecule has 17 nitrogen and oxygen atoms in total. The summed E-state index contributed by atoms with van der Waals surface area (Å²) in [6, 6.07) is 3.03. The molecule has 1 aromatic rings. The van der Waals surface area contributed by atoms with E-state index < -0.39 is 72.1 Å². The van der Waals surface area contributed by atoms with Gasteiger partial charge < -0.3 is 42.3 Å². The van der Waals surface area contributed by atoms with Crippen molar-refractivity contribution in [1.82, 2.24) is 36.8 Å². The molecule has 0 bridgehead atoms. The Kier molecular flexibility index (Phi) is 14.2. The molecule has 1 aromatic carbocycles. The van der Waals surface area contributed by atoms with Crippen LogP contribution in [-0.2, 0) is 35.2 Å². The fourth-order valence-corrected chi connectivity index (χ4v) is 4.33. The number of carboxylic acids is 1. The number of aliphatic imine (C=N–C) groups is 1. The molecular weight excluding hydrogens is 590 g/mol. The third kappa shape index (κ3) is 12.1. The number of nitrogens with two attached hydrogens (primary N) is 1. The van der Waals surface area contributed by atoms with Gasteiger partial charge in [0.1, 0.15) is 24.2 Å². The third-order valence-corrected chi connectivity index (χ3v) is 6.86. The summed E-state index contributed by atoms with van der Waals surface area (Å²) in [4.78, 5) is 93.8. The zero-order chi connectivity index (χ0) is 33.5. The van der Waals surface area contributed by atoms with Crippen LogP contribution in [0.5, 0.6) is 0 Å². The van der Waals surface area contributed by atoms with Crippen molar-refractivity contribution in [2.75, 3.05) is 27.2 Å². The van der Waals surface area contributed by atoms with Crippen LogP contribution in [0.4, 0.5) is 4.79 Å². The molecule has 2 unspecified atom stereocenters. The van der Waals surface area contributed by atoms with E-state index in [0.29, 0.717) is 5.56 Å². The molecule has 246 valence electrons. The lowest BCUT2D eigenvalue weighted by Crippen LogP contribution is -2.58. The first-order valence-electron chi connectivity index (χ1n) is 14.3. The van der Waals surface area contributed by atoms with E-state index in [4.69, 9.17) is 5.73 Å². The fraction of sp³-hybridized carbons (Fsp3) is 0.500. The minimum atomic E-state index is -1.62. The van der Waals surface area contributed by atoms with Crippen LogP contribution in [-0.4, -0.2) is 109 Å². The molecule has 1 saturated heterocycles. The second-order valence-electron chi connectivity index (χ2n) is 10.3. The lowest BCUT2D eigenvalue weighted by Gasteiger charge is -2.32. The van der Waals surface area contributed by atoms with Crippen LogP contribution in [0.15, 0.2) is 35.3 Å². The van der Waals surface area contributed by atoms with Crippen LogP contribution in [0.1, 0.15) is 38.2 Å². The number of guanidine groups is 1. The van der Waals surface area contributed by atoms with Crippen molar-refractivity contribution in [3.63, 3.8) is 0 Å². The highest BCUT2D eigenvalue weighted by atomic mass is 16.4. The van der Waals surface area contributed by atoms with E-state index in [0.717, 1.165) is 4.90 Å². The summed E-state index contributed by atoms with van der Waals surface area (Å²) < 4.78 is 0. The number of urea groups is 1. The third-order valence-electron chi connectivity index (χ3n) is 6.86. The van der Waals surface area contributed by atoms with Crippen LogP contribution in [0.25, 0.3) is 0 Å². The van der Waals surface area contributed by atoms with E-state index in [1.807, 2.05) is 0 Å². The van der Waals surface area contributed by atoms with Gasteiger partial charge in [-0.25, -0.2) is 9.59 Å². The Hall–Kier alpha value is -5.22. The van der Waals surface area contributed by atoms with E-state index in [1.165, 1.54) is 21.0 Å². The lowest BCUT2D eigenvalue weighted by molar-refractivity contribution is -0.146. The molecule has 1 heterocycles. The zero-order valence-electron chi connectivity index (χ0n) is 25.4. The largest absolute Gasteiger partial charge is 0.480 e. The molecule has 45 heavy (non-hydrogen) atoms. The summed E-state index contributed by atoms with van der Waals surface area (Å²) in [6.45, 7) is 1.35. The van der Waals surface area contributed by atoms with Crippen LogP contribution in [0.2, 0.25) is 0 Å². The Balaban J connectivity index is 2.42. The number of carboxylic acid groups (broad SMARTS) is 1. The molecule has 9 N–H and O–H groups in total. The Morgan fingerprint density at radius 1 is 1.04 bits per heavy atom. The quantitative estimate of drug-likeness (QED) is 0.0902. The van der Waals surface area contributed by atoms with E-state index in [1.54, 1.807) is 30.3 Å². The number of hydrogen-bond acceptors (Lipinski definition) is 8. The van der Waals surface area contributed by atoms with Gasteiger partial charge in [0.2, 0.25) is 29.5 Å². The molecule has 1 aliphatic rings. The minimum absolute atomic E-state index is 0.00738. The maximum atomic E-state index is 13.9. The number of rotatable bonds is 7. The lowest BCUT2D eigenvalue weighted by atomic mass is 10.0. The number of carbonyl (C=O) groups is 7. The second-order valence-corrected chi connectivity index (χ2v) is 10.3. The number of likely N-dealkylation sites (N-methyl/N-ethyl adjacent to an activating group) is 1. The van der Waals surface area contributed by atoms with Gasteiger partial charge in [0.15, 0.2) is 5.96 Å². The predicted molar refractivity (Wildman–Crippen MR) is 161 cm³/mol. The number of benzene rings is 1. The van der Waals surface area contributed by atoms with Crippen LogP contribution >= 0.6 is 0 Å². The van der Waals surface area contributed by atoms with E-state index >= 15 is 0 Å². The Bertz CT molecular complexity index is 1270. The maximum absolute atomic E-state index is 13.9. The van der Waals surface area contributed by atoms with Crippen molar-refractivity contribution in [2.45, 2.75) is 63.2 Å². The Morgan fingerprint density at radius 3 is 2.38 bits per heavy atom. The normalized spacial score (nSPS) is 22.7. The zero-order valence-corrected chi connectivity index (χ0v) is 25.4. The van der Waals surface area contributed by atoms with Crippen LogP contribution in [0, 0.1) is 0 Å². The van der Waals surface area contributed by atoms with Crippen molar-refractivity contribution in [1.29, 1.82) is 0 Å². The molecule has 0 spiro atoms. The molecule has 0 radical (unpaired) electrons. The minimum Gasteiger partial charge on any atom is -0.480 e. The smallest absolute Gasteiger partial charge is 0.326 e. The first kappa shape index (κ1) is 36.0. The predicted octanol–water partition coefficient (Wildman–Crippen LogP) is -2.45. The van der Waals surface area contributed by atoms with Crippen molar-refractivity contribution in [3.05, 3.63) is 35.9 Å². The monoisotopic (exact) mass is 631 g/mol. The molecule has 1 fully saturated rings.